The molecule has 0 aliphatic rings. The first-order chi connectivity index (χ1) is 8.87. The van der Waals surface area contributed by atoms with E-state index in [1.807, 2.05) is 13.8 Å². The number of phosphoric acid groups is 1. The Labute approximate surface area is 113 Å². The Morgan fingerprint density at radius 2 is 1.89 bits per heavy atom. The van der Waals surface area contributed by atoms with Crippen molar-refractivity contribution in [2.45, 2.75) is 40.2 Å². The van der Waals surface area contributed by atoms with Crippen molar-refractivity contribution in [3.05, 3.63) is 28.8 Å². The molecule has 1 unspecified atom stereocenters. The molecule has 0 spiro atoms. The number of phenols is 1. The van der Waals surface area contributed by atoms with Gasteiger partial charge in [0.2, 0.25) is 0 Å². The molecule has 0 amide bonds. The third kappa shape index (κ3) is 4.96. The van der Waals surface area contributed by atoms with Crippen LogP contribution in [0, 0.1) is 13.8 Å². The second kappa shape index (κ2) is 7.06. The fourth-order valence-corrected chi connectivity index (χ4v) is 2.27. The second-order valence-corrected chi connectivity index (χ2v) is 5.88. The Kier molecular flexibility index (Phi) is 6.01. The minimum absolute atomic E-state index is 0.0210. The van der Waals surface area contributed by atoms with Crippen molar-refractivity contribution < 1.29 is 23.6 Å². The largest absolute Gasteiger partial charge is 0.508 e. The van der Waals surface area contributed by atoms with Gasteiger partial charge in [0.05, 0.1) is 13.2 Å². The molecule has 0 heterocycles. The lowest BCUT2D eigenvalue weighted by Crippen LogP contribution is -1.99. The standard InChI is InChI=1S/C13H21O5P/c1-4-5-8-17-19(15,16)18-9-12-6-7-13(14)11(3)10(12)2/h6-7,14H,4-5,8-9H2,1-3H3,(H,15,16). The third-order valence-corrected chi connectivity index (χ3v) is 3.97. The summed E-state index contributed by atoms with van der Waals surface area (Å²) >= 11 is 0. The molecule has 1 atom stereocenters. The summed E-state index contributed by atoms with van der Waals surface area (Å²) in [6.07, 6.45) is 1.60. The molecule has 5 nitrogen and oxygen atoms in total. The van der Waals surface area contributed by atoms with E-state index in [2.05, 4.69) is 0 Å². The zero-order chi connectivity index (χ0) is 14.5. The molecule has 0 aliphatic heterocycles. The second-order valence-electron chi connectivity index (χ2n) is 4.42. The van der Waals surface area contributed by atoms with E-state index in [0.29, 0.717) is 6.42 Å². The Balaban J connectivity index is 2.61. The highest BCUT2D eigenvalue weighted by Crippen LogP contribution is 2.44. The number of hydrogen-bond donors (Lipinski definition) is 2. The number of rotatable bonds is 7. The Bertz CT molecular complexity index is 472. The average Bonchev–Trinajstić information content (AvgIpc) is 2.35. The molecule has 1 rings (SSSR count). The van der Waals surface area contributed by atoms with Gasteiger partial charge in [-0.25, -0.2) is 4.57 Å². The zero-order valence-electron chi connectivity index (χ0n) is 11.5. The summed E-state index contributed by atoms with van der Waals surface area (Å²) in [5.41, 5.74) is 2.33. The van der Waals surface area contributed by atoms with Gasteiger partial charge in [0.15, 0.2) is 0 Å². The van der Waals surface area contributed by atoms with Gasteiger partial charge in [-0.15, -0.1) is 0 Å². The van der Waals surface area contributed by atoms with Crippen LogP contribution in [0.15, 0.2) is 12.1 Å². The average molecular weight is 288 g/mol. The topological polar surface area (TPSA) is 76.0 Å². The molecule has 19 heavy (non-hydrogen) atoms. The predicted octanol–water partition coefficient (Wildman–Crippen LogP) is 3.44. The van der Waals surface area contributed by atoms with Crippen LogP contribution in [0.1, 0.15) is 36.5 Å². The normalized spacial score (nSPS) is 14.3. The third-order valence-electron chi connectivity index (χ3n) is 3.01. The van der Waals surface area contributed by atoms with E-state index in [-0.39, 0.29) is 19.0 Å². The van der Waals surface area contributed by atoms with Crippen LogP contribution in [-0.4, -0.2) is 16.6 Å². The first-order valence-electron chi connectivity index (χ1n) is 6.27. The van der Waals surface area contributed by atoms with E-state index < -0.39 is 7.82 Å². The van der Waals surface area contributed by atoms with Crippen molar-refractivity contribution in [2.24, 2.45) is 0 Å². The van der Waals surface area contributed by atoms with E-state index in [9.17, 15) is 14.6 Å². The van der Waals surface area contributed by atoms with Crippen molar-refractivity contribution in [3.63, 3.8) is 0 Å². The molecule has 1 aromatic carbocycles. The lowest BCUT2D eigenvalue weighted by atomic mass is 10.0. The first kappa shape index (κ1) is 16.2. The lowest BCUT2D eigenvalue weighted by molar-refractivity contribution is 0.141. The van der Waals surface area contributed by atoms with Crippen LogP contribution in [-0.2, 0) is 20.2 Å². The highest BCUT2D eigenvalue weighted by molar-refractivity contribution is 7.47. The number of benzene rings is 1. The molecule has 0 saturated carbocycles. The van der Waals surface area contributed by atoms with Crippen LogP contribution in [0.3, 0.4) is 0 Å². The van der Waals surface area contributed by atoms with Gasteiger partial charge in [-0.3, -0.25) is 9.05 Å². The molecule has 0 saturated heterocycles. The molecule has 1 aromatic rings. The van der Waals surface area contributed by atoms with Gasteiger partial charge in [-0.05, 0) is 43.0 Å². The zero-order valence-corrected chi connectivity index (χ0v) is 12.4. The number of unbranched alkanes of at least 4 members (excludes halogenated alkanes) is 1. The minimum Gasteiger partial charge on any atom is -0.508 e. The quantitative estimate of drug-likeness (QED) is 0.593. The summed E-state index contributed by atoms with van der Waals surface area (Å²) < 4.78 is 21.4. The Hall–Kier alpha value is -0.870. The molecule has 2 N–H and O–H groups in total. The van der Waals surface area contributed by atoms with Gasteiger partial charge >= 0.3 is 7.82 Å². The van der Waals surface area contributed by atoms with Crippen molar-refractivity contribution in [2.75, 3.05) is 6.61 Å². The molecule has 6 heteroatoms. The van der Waals surface area contributed by atoms with Gasteiger partial charge in [0, 0.05) is 0 Å². The van der Waals surface area contributed by atoms with E-state index in [1.165, 1.54) is 0 Å². The highest BCUT2D eigenvalue weighted by atomic mass is 31.2. The summed E-state index contributed by atoms with van der Waals surface area (Å²) in [5, 5.41) is 9.53. The van der Waals surface area contributed by atoms with Crippen LogP contribution in [0.5, 0.6) is 5.75 Å². The maximum absolute atomic E-state index is 11.6. The monoisotopic (exact) mass is 288 g/mol. The van der Waals surface area contributed by atoms with E-state index >= 15 is 0 Å². The minimum atomic E-state index is -4.00. The van der Waals surface area contributed by atoms with Crippen LogP contribution in [0.4, 0.5) is 0 Å². The van der Waals surface area contributed by atoms with Crippen molar-refractivity contribution in [1.29, 1.82) is 0 Å². The van der Waals surface area contributed by atoms with E-state index in [0.717, 1.165) is 23.1 Å². The number of hydrogen-bond acceptors (Lipinski definition) is 4. The SMILES string of the molecule is CCCCOP(=O)(O)OCc1ccc(O)c(C)c1C. The molecular formula is C13H21O5P. The van der Waals surface area contributed by atoms with Gasteiger partial charge < -0.3 is 10.00 Å². The fraction of sp³-hybridized carbons (Fsp3) is 0.538. The summed E-state index contributed by atoms with van der Waals surface area (Å²) in [5.74, 6) is 0.202. The summed E-state index contributed by atoms with van der Waals surface area (Å²) in [4.78, 5) is 9.48. The van der Waals surface area contributed by atoms with Crippen molar-refractivity contribution in [3.8, 4) is 5.75 Å². The molecule has 0 fully saturated rings. The Morgan fingerprint density at radius 3 is 2.53 bits per heavy atom. The van der Waals surface area contributed by atoms with Gasteiger partial charge in [-0.1, -0.05) is 19.4 Å². The fourth-order valence-electron chi connectivity index (χ4n) is 1.53. The van der Waals surface area contributed by atoms with Gasteiger partial charge in [-0.2, -0.15) is 0 Å². The number of phosphoric ester groups is 1. The van der Waals surface area contributed by atoms with Crippen LogP contribution < -0.4 is 0 Å². The van der Waals surface area contributed by atoms with E-state index in [1.54, 1.807) is 19.1 Å². The highest BCUT2D eigenvalue weighted by Gasteiger charge is 2.21. The number of phenolic OH excluding ortho intramolecular Hbond substituents is 1. The number of aromatic hydroxyl groups is 1. The maximum atomic E-state index is 11.6. The van der Waals surface area contributed by atoms with Crippen molar-refractivity contribution >= 4 is 7.82 Å². The molecule has 0 aliphatic carbocycles. The van der Waals surface area contributed by atoms with Crippen LogP contribution in [0.2, 0.25) is 0 Å². The van der Waals surface area contributed by atoms with Crippen molar-refractivity contribution in [1.82, 2.24) is 0 Å². The summed E-state index contributed by atoms with van der Waals surface area (Å²) in [6.45, 7) is 5.76. The molecule has 0 aromatic heterocycles. The Morgan fingerprint density at radius 1 is 1.21 bits per heavy atom. The summed E-state index contributed by atoms with van der Waals surface area (Å²) in [6, 6.07) is 3.21. The molecular weight excluding hydrogens is 267 g/mol. The van der Waals surface area contributed by atoms with Gasteiger partial charge in [0.25, 0.3) is 0 Å². The maximum Gasteiger partial charge on any atom is 0.472 e. The lowest BCUT2D eigenvalue weighted by Gasteiger charge is -2.14. The molecule has 0 bridgehead atoms. The first-order valence-corrected chi connectivity index (χ1v) is 7.77. The van der Waals surface area contributed by atoms with E-state index in [4.69, 9.17) is 9.05 Å². The van der Waals surface area contributed by atoms with Gasteiger partial charge in [0.1, 0.15) is 5.75 Å². The molecule has 108 valence electrons. The summed E-state index contributed by atoms with van der Waals surface area (Å²) in [7, 11) is -4.00. The predicted molar refractivity (Wildman–Crippen MR) is 73.1 cm³/mol. The molecule has 0 radical (unpaired) electrons. The van der Waals surface area contributed by atoms with Crippen LogP contribution >= 0.6 is 7.82 Å². The smallest absolute Gasteiger partial charge is 0.472 e. The van der Waals surface area contributed by atoms with Crippen LogP contribution in [0.25, 0.3) is 0 Å².